The first kappa shape index (κ1) is 19.4. The monoisotopic (exact) mass is 352 g/mol. The minimum atomic E-state index is -0.199. The van der Waals surface area contributed by atoms with Crippen LogP contribution in [0.4, 0.5) is 0 Å². The molecule has 0 saturated carbocycles. The molecule has 0 radical (unpaired) electrons. The highest BCUT2D eigenvalue weighted by atomic mass is 16.2. The molecule has 2 rings (SSSR count). The van der Waals surface area contributed by atoms with Gasteiger partial charge in [0.05, 0.1) is 0 Å². The van der Waals surface area contributed by atoms with E-state index in [1.165, 1.54) is 0 Å². The summed E-state index contributed by atoms with van der Waals surface area (Å²) in [4.78, 5) is 35.9. The van der Waals surface area contributed by atoms with Crippen molar-refractivity contribution in [1.29, 1.82) is 0 Å². The average Bonchev–Trinajstić information content (AvgIpc) is 2.64. The molecule has 0 heterocycles. The summed E-state index contributed by atoms with van der Waals surface area (Å²) in [6, 6.07) is 14.6. The molecule has 2 aromatic rings. The molecule has 0 atom stereocenters. The van der Waals surface area contributed by atoms with E-state index in [4.69, 9.17) is 0 Å². The molecule has 26 heavy (non-hydrogen) atoms. The lowest BCUT2D eigenvalue weighted by Gasteiger charge is -2.08. The van der Waals surface area contributed by atoms with Crippen LogP contribution in [0.3, 0.4) is 0 Å². The van der Waals surface area contributed by atoms with Gasteiger partial charge in [0.15, 0.2) is 5.78 Å². The van der Waals surface area contributed by atoms with Gasteiger partial charge >= 0.3 is 0 Å². The van der Waals surface area contributed by atoms with Crippen molar-refractivity contribution in [3.05, 3.63) is 70.8 Å². The number of Topliss-reactive ketones (excluding diaryl/α,β-unsaturated/α-hetero) is 1. The van der Waals surface area contributed by atoms with Gasteiger partial charge in [-0.3, -0.25) is 14.4 Å². The third kappa shape index (κ3) is 5.84. The van der Waals surface area contributed by atoms with Crippen molar-refractivity contribution in [2.75, 3.05) is 13.1 Å². The first-order valence-electron chi connectivity index (χ1n) is 8.68. The molecule has 0 aliphatic carbocycles. The third-order valence-electron chi connectivity index (χ3n) is 4.08. The zero-order valence-corrected chi connectivity index (χ0v) is 15.2. The third-order valence-corrected chi connectivity index (χ3v) is 4.08. The first-order valence-corrected chi connectivity index (χ1v) is 8.68. The second-order valence-electron chi connectivity index (χ2n) is 6.21. The number of carbonyl (C=O) groups excluding carboxylic acids is 3. The summed E-state index contributed by atoms with van der Waals surface area (Å²) in [5.74, 6) is -0.407. The highest BCUT2D eigenvalue weighted by molar-refractivity contribution is 5.98. The Balaban J connectivity index is 1.66. The van der Waals surface area contributed by atoms with Gasteiger partial charge in [-0.15, -0.1) is 0 Å². The molecule has 5 heteroatoms. The summed E-state index contributed by atoms with van der Waals surface area (Å²) < 4.78 is 0. The number of nitrogens with one attached hydrogen (secondary N) is 2. The van der Waals surface area contributed by atoms with E-state index in [1.807, 2.05) is 44.2 Å². The number of hydrogen-bond acceptors (Lipinski definition) is 3. The van der Waals surface area contributed by atoms with Crippen LogP contribution in [0.1, 0.15) is 44.7 Å². The number of amides is 2. The van der Waals surface area contributed by atoms with Crippen LogP contribution in [-0.4, -0.2) is 30.7 Å². The smallest absolute Gasteiger partial charge is 0.251 e. The van der Waals surface area contributed by atoms with E-state index in [0.29, 0.717) is 24.2 Å². The zero-order valence-electron chi connectivity index (χ0n) is 15.2. The molecule has 5 nitrogen and oxygen atoms in total. The van der Waals surface area contributed by atoms with Gasteiger partial charge in [-0.1, -0.05) is 48.0 Å². The van der Waals surface area contributed by atoms with Gasteiger partial charge in [-0.05, 0) is 25.5 Å². The summed E-state index contributed by atoms with van der Waals surface area (Å²) in [7, 11) is 0. The van der Waals surface area contributed by atoms with E-state index in [9.17, 15) is 14.4 Å². The zero-order chi connectivity index (χ0) is 18.9. The SMILES string of the molecule is Cc1ccc(C(=O)CCC(=O)NCCNC(=O)c2ccccc2C)cc1. The highest BCUT2D eigenvalue weighted by Crippen LogP contribution is 2.08. The molecule has 0 aliphatic rings. The molecular formula is C21H24N2O3. The Morgan fingerprint density at radius 2 is 1.46 bits per heavy atom. The van der Waals surface area contributed by atoms with E-state index < -0.39 is 0 Å². The maximum absolute atomic E-state index is 12.0. The number of aryl methyl sites for hydroxylation is 2. The Hall–Kier alpha value is -2.95. The quantitative estimate of drug-likeness (QED) is 0.567. The van der Waals surface area contributed by atoms with Gasteiger partial charge in [-0.25, -0.2) is 0 Å². The Morgan fingerprint density at radius 3 is 2.15 bits per heavy atom. The van der Waals surface area contributed by atoms with Crippen molar-refractivity contribution in [3.63, 3.8) is 0 Å². The Kier molecular flexibility index (Phi) is 7.09. The number of carbonyl (C=O) groups is 3. The van der Waals surface area contributed by atoms with Crippen molar-refractivity contribution in [1.82, 2.24) is 10.6 Å². The van der Waals surface area contributed by atoms with Gasteiger partial charge < -0.3 is 10.6 Å². The van der Waals surface area contributed by atoms with E-state index in [0.717, 1.165) is 11.1 Å². The summed E-state index contributed by atoms with van der Waals surface area (Å²) in [5, 5.41) is 5.48. The highest BCUT2D eigenvalue weighted by Gasteiger charge is 2.10. The normalized spacial score (nSPS) is 10.2. The predicted octanol–water partition coefficient (Wildman–Crippen LogP) is 2.81. The molecule has 0 aromatic heterocycles. The number of benzene rings is 2. The molecule has 0 aliphatic heterocycles. The summed E-state index contributed by atoms with van der Waals surface area (Å²) in [6.07, 6.45) is 0.308. The molecule has 136 valence electrons. The molecule has 0 fully saturated rings. The van der Waals surface area contributed by atoms with Crippen molar-refractivity contribution in [3.8, 4) is 0 Å². The lowest BCUT2D eigenvalue weighted by atomic mass is 10.1. The minimum Gasteiger partial charge on any atom is -0.354 e. The van der Waals surface area contributed by atoms with E-state index >= 15 is 0 Å². The standard InChI is InChI=1S/C21H24N2O3/c1-15-7-9-17(10-8-15)19(24)11-12-20(25)22-13-14-23-21(26)18-6-4-3-5-16(18)2/h3-10H,11-14H2,1-2H3,(H,22,25)(H,23,26). The van der Waals surface area contributed by atoms with E-state index in [2.05, 4.69) is 10.6 Å². The van der Waals surface area contributed by atoms with Crippen LogP contribution in [0.15, 0.2) is 48.5 Å². The molecule has 2 N–H and O–H groups in total. The van der Waals surface area contributed by atoms with Crippen LogP contribution >= 0.6 is 0 Å². The molecular weight excluding hydrogens is 328 g/mol. The Morgan fingerprint density at radius 1 is 0.808 bits per heavy atom. The van der Waals surface area contributed by atoms with Crippen LogP contribution < -0.4 is 10.6 Å². The largest absolute Gasteiger partial charge is 0.354 e. The number of rotatable bonds is 8. The number of hydrogen-bond donors (Lipinski definition) is 2. The summed E-state index contributed by atoms with van der Waals surface area (Å²) in [5.41, 5.74) is 3.24. The van der Waals surface area contributed by atoms with Crippen molar-refractivity contribution in [2.45, 2.75) is 26.7 Å². The fourth-order valence-corrected chi connectivity index (χ4v) is 2.50. The molecule has 2 amide bonds. The topological polar surface area (TPSA) is 75.3 Å². The van der Waals surface area contributed by atoms with Crippen LogP contribution in [0.25, 0.3) is 0 Å². The summed E-state index contributed by atoms with van der Waals surface area (Å²) in [6.45, 7) is 4.50. The Bertz CT molecular complexity index is 782. The second kappa shape index (κ2) is 9.51. The predicted molar refractivity (Wildman–Crippen MR) is 101 cm³/mol. The molecule has 0 bridgehead atoms. The van der Waals surface area contributed by atoms with Crippen LogP contribution in [0, 0.1) is 13.8 Å². The lowest BCUT2D eigenvalue weighted by Crippen LogP contribution is -2.35. The van der Waals surface area contributed by atoms with Gasteiger partial charge in [0, 0.05) is 37.1 Å². The van der Waals surface area contributed by atoms with Gasteiger partial charge in [0.2, 0.25) is 5.91 Å². The molecule has 2 aromatic carbocycles. The van der Waals surface area contributed by atoms with Crippen LogP contribution in [-0.2, 0) is 4.79 Å². The fraction of sp³-hybridized carbons (Fsp3) is 0.286. The maximum Gasteiger partial charge on any atom is 0.251 e. The minimum absolute atomic E-state index is 0.0481. The fourth-order valence-electron chi connectivity index (χ4n) is 2.50. The molecule has 0 spiro atoms. The molecule has 0 saturated heterocycles. The van der Waals surface area contributed by atoms with Gasteiger partial charge in [-0.2, -0.15) is 0 Å². The van der Waals surface area contributed by atoms with Crippen molar-refractivity contribution in [2.24, 2.45) is 0 Å². The second-order valence-corrected chi connectivity index (χ2v) is 6.21. The van der Waals surface area contributed by atoms with Crippen LogP contribution in [0.5, 0.6) is 0 Å². The van der Waals surface area contributed by atoms with E-state index in [1.54, 1.807) is 18.2 Å². The number of ketones is 1. The van der Waals surface area contributed by atoms with Crippen molar-refractivity contribution < 1.29 is 14.4 Å². The Labute approximate surface area is 153 Å². The van der Waals surface area contributed by atoms with Gasteiger partial charge in [0.1, 0.15) is 0 Å². The lowest BCUT2D eigenvalue weighted by molar-refractivity contribution is -0.121. The van der Waals surface area contributed by atoms with Gasteiger partial charge in [0.25, 0.3) is 5.91 Å². The van der Waals surface area contributed by atoms with E-state index in [-0.39, 0.29) is 30.4 Å². The van der Waals surface area contributed by atoms with Crippen LogP contribution in [0.2, 0.25) is 0 Å². The average molecular weight is 352 g/mol. The van der Waals surface area contributed by atoms with Crippen molar-refractivity contribution >= 4 is 17.6 Å². The first-order chi connectivity index (χ1) is 12.5. The maximum atomic E-state index is 12.0. The summed E-state index contributed by atoms with van der Waals surface area (Å²) >= 11 is 0. The molecule has 0 unspecified atom stereocenters.